The van der Waals surface area contributed by atoms with E-state index in [0.717, 1.165) is 0 Å². The molecule has 0 amide bonds. The Balaban J connectivity index is 0. The molecule has 0 rings (SSSR count). The maximum absolute atomic E-state index is 10.1. The molecule has 2 unspecified atom stereocenters. The Morgan fingerprint density at radius 3 is 1.75 bits per heavy atom. The van der Waals surface area contributed by atoms with Gasteiger partial charge in [0.05, 0.1) is 0 Å². The van der Waals surface area contributed by atoms with E-state index in [1.165, 1.54) is 0 Å². The normalized spacial score (nSPS) is 14.2. The summed E-state index contributed by atoms with van der Waals surface area (Å²) in [6.07, 6.45) is -3.66. The van der Waals surface area contributed by atoms with E-state index in [0.29, 0.717) is 0 Å². The molecule has 66 valence electrons. The number of hydrogen-bond acceptors (Lipinski definition) is 4. The Morgan fingerprint density at radius 1 is 1.25 bits per heavy atom. The van der Waals surface area contributed by atoms with Gasteiger partial charge in [0.1, 0.15) is 0 Å². The molecule has 3 N–H and O–H groups in total. The number of aliphatic hydroxyl groups is 1. The minimum absolute atomic E-state index is 0. The number of carboxylic acids is 2. The van der Waals surface area contributed by atoms with Gasteiger partial charge < -0.3 is 0 Å². The topological polar surface area (TPSA) is 104 Å². The van der Waals surface area contributed by atoms with Crippen LogP contribution in [0.1, 0.15) is 0 Å². The predicted octanol–water partition coefficient (Wildman–Crippen LogP) is -3.20. The standard InChI is InChI=1S/C4H5O6.K.Sb.3H/c5-1(3(7)8)2(6)4(9)10;;;;;/h1-2,5H,(H,7,8)(H,9,10);;;;;/q-1;;+1;;;. The summed E-state index contributed by atoms with van der Waals surface area (Å²) < 4.78 is 4.33. The molecule has 0 heterocycles. The predicted molar refractivity (Wildman–Crippen MR) is 41.8 cm³/mol. The second-order valence-electron chi connectivity index (χ2n) is 1.68. The number of aliphatic hydroxyl groups excluding tert-OH is 1. The molecule has 8 heteroatoms. The second kappa shape index (κ2) is 7.69. The molecular weight excluding hydrogens is 305 g/mol. The van der Waals surface area contributed by atoms with Crippen LogP contribution in [0.2, 0.25) is 0 Å². The van der Waals surface area contributed by atoms with Crippen LogP contribution < -0.4 is 0 Å². The molecular formula is C4H8KO6Sb. The number of hydrogen-bond donors (Lipinski definition) is 3. The van der Waals surface area contributed by atoms with E-state index >= 15 is 0 Å². The molecule has 0 aliphatic carbocycles. The van der Waals surface area contributed by atoms with Gasteiger partial charge >= 0.3 is 127 Å². The number of carboxylic acid groups (broad SMARTS) is 2. The molecule has 0 bridgehead atoms. The van der Waals surface area contributed by atoms with Gasteiger partial charge in [0.2, 0.25) is 0 Å². The van der Waals surface area contributed by atoms with E-state index in [1.54, 1.807) is 0 Å². The molecule has 0 spiro atoms. The van der Waals surface area contributed by atoms with Crippen molar-refractivity contribution in [3.63, 3.8) is 0 Å². The van der Waals surface area contributed by atoms with Crippen LogP contribution in [-0.4, -0.2) is 114 Å². The summed E-state index contributed by atoms with van der Waals surface area (Å²) in [6.45, 7) is 0. The van der Waals surface area contributed by atoms with Gasteiger partial charge in [-0.1, -0.05) is 0 Å². The van der Waals surface area contributed by atoms with Gasteiger partial charge in [0.15, 0.2) is 0 Å². The van der Waals surface area contributed by atoms with Crippen LogP contribution in [0.25, 0.3) is 0 Å². The molecule has 2 atom stereocenters. The monoisotopic (exact) mass is 312 g/mol. The van der Waals surface area contributed by atoms with Gasteiger partial charge in [-0.15, -0.1) is 0 Å². The number of carbonyl (C=O) groups is 2. The van der Waals surface area contributed by atoms with Gasteiger partial charge in [0, 0.05) is 0 Å². The number of rotatable bonds is 4. The van der Waals surface area contributed by atoms with Crippen molar-refractivity contribution < 1.29 is 27.9 Å². The van der Waals surface area contributed by atoms with Crippen LogP contribution in [-0.2, 0) is 12.6 Å². The molecule has 12 heavy (non-hydrogen) atoms. The molecule has 0 aromatic heterocycles. The Labute approximate surface area is 125 Å². The van der Waals surface area contributed by atoms with Crippen molar-refractivity contribution in [3.05, 3.63) is 0 Å². The fourth-order valence-electron chi connectivity index (χ4n) is 0.397. The molecule has 0 aliphatic rings. The van der Waals surface area contributed by atoms with E-state index in [4.69, 9.17) is 15.3 Å². The summed E-state index contributed by atoms with van der Waals surface area (Å²) in [5.74, 6) is -3.08. The molecule has 0 radical (unpaired) electrons. The summed E-state index contributed by atoms with van der Waals surface area (Å²) in [6, 6.07) is 0. The van der Waals surface area contributed by atoms with Crippen molar-refractivity contribution in [1.82, 2.24) is 0 Å². The summed E-state index contributed by atoms with van der Waals surface area (Å²) in [5.41, 5.74) is 0. The average molecular weight is 313 g/mol. The van der Waals surface area contributed by atoms with Crippen molar-refractivity contribution in [2.24, 2.45) is 0 Å². The Morgan fingerprint density at radius 2 is 1.67 bits per heavy atom. The molecule has 6 nitrogen and oxygen atoms in total. The summed E-state index contributed by atoms with van der Waals surface area (Å²) in [7, 11) is 0. The van der Waals surface area contributed by atoms with E-state index in [9.17, 15) is 9.59 Å². The first-order valence-electron chi connectivity index (χ1n) is 2.50. The molecule has 0 aromatic rings. The molecule has 0 fully saturated rings. The van der Waals surface area contributed by atoms with Crippen molar-refractivity contribution >= 4 is 86.8 Å². The van der Waals surface area contributed by atoms with Crippen LogP contribution in [0, 0.1) is 0 Å². The van der Waals surface area contributed by atoms with Crippen molar-refractivity contribution in [1.29, 1.82) is 0 Å². The first-order valence-corrected chi connectivity index (χ1v) is 3.84. The van der Waals surface area contributed by atoms with E-state index in [2.05, 4.69) is 3.02 Å². The third-order valence-corrected chi connectivity index (χ3v) is 1.77. The van der Waals surface area contributed by atoms with Gasteiger partial charge in [-0.25, -0.2) is 0 Å². The number of aliphatic carboxylic acids is 2. The van der Waals surface area contributed by atoms with E-state index in [1.807, 2.05) is 0 Å². The van der Waals surface area contributed by atoms with Crippen LogP contribution in [0.5, 0.6) is 0 Å². The van der Waals surface area contributed by atoms with Crippen LogP contribution >= 0.6 is 0 Å². The molecule has 0 saturated carbocycles. The maximum atomic E-state index is 10.1. The SMILES string of the molecule is O=C(O)C(O)C([O][SbH2])C(=O)O.[KH]. The minimum atomic E-state index is -2.00. The zero-order chi connectivity index (χ0) is 9.02. The third kappa shape index (κ3) is 5.13. The average Bonchev–Trinajstić information content (AvgIpc) is 1.88. The quantitative estimate of drug-likeness (QED) is 0.472. The Hall–Kier alpha value is 1.31. The van der Waals surface area contributed by atoms with Crippen LogP contribution in [0.3, 0.4) is 0 Å². The molecule has 0 saturated heterocycles. The first-order chi connectivity index (χ1) is 5.00. The van der Waals surface area contributed by atoms with Gasteiger partial charge in [-0.3, -0.25) is 0 Å². The first kappa shape index (κ1) is 15.8. The van der Waals surface area contributed by atoms with Crippen LogP contribution in [0.15, 0.2) is 0 Å². The van der Waals surface area contributed by atoms with Gasteiger partial charge in [0.25, 0.3) is 0 Å². The Bertz CT molecular complexity index is 173. The fourth-order valence-corrected chi connectivity index (χ4v) is 1.15. The summed E-state index contributed by atoms with van der Waals surface area (Å²) in [5, 5.41) is 25.1. The zero-order valence-corrected chi connectivity index (χ0v) is 8.59. The van der Waals surface area contributed by atoms with Gasteiger partial charge in [-0.2, -0.15) is 0 Å². The van der Waals surface area contributed by atoms with E-state index < -0.39 is 24.1 Å². The fraction of sp³-hybridized carbons (Fsp3) is 0.500. The van der Waals surface area contributed by atoms with Gasteiger partial charge in [-0.05, 0) is 0 Å². The van der Waals surface area contributed by atoms with Crippen molar-refractivity contribution in [3.8, 4) is 0 Å². The van der Waals surface area contributed by atoms with Crippen LogP contribution in [0.4, 0.5) is 0 Å². The second-order valence-corrected chi connectivity index (χ2v) is 2.45. The third-order valence-electron chi connectivity index (χ3n) is 0.930. The zero-order valence-electron chi connectivity index (χ0n) is 5.30. The summed E-state index contributed by atoms with van der Waals surface area (Å²) >= 11 is 0.120. The summed E-state index contributed by atoms with van der Waals surface area (Å²) in [4.78, 5) is 20.2. The van der Waals surface area contributed by atoms with Crippen molar-refractivity contribution in [2.45, 2.75) is 12.2 Å². The molecule has 0 aliphatic heterocycles. The van der Waals surface area contributed by atoms with E-state index in [-0.39, 0.29) is 74.8 Å². The van der Waals surface area contributed by atoms with Crippen molar-refractivity contribution in [2.75, 3.05) is 0 Å². The molecule has 0 aromatic carbocycles. The Kier molecular flexibility index (Phi) is 10.1.